The van der Waals surface area contributed by atoms with Gasteiger partial charge in [-0.3, -0.25) is 0 Å². The van der Waals surface area contributed by atoms with E-state index in [1.807, 2.05) is 19.9 Å². The van der Waals surface area contributed by atoms with E-state index in [2.05, 4.69) is 14.7 Å². The fourth-order valence-corrected chi connectivity index (χ4v) is 1.62. The first-order valence-electron chi connectivity index (χ1n) is 5.77. The van der Waals surface area contributed by atoms with Crippen LogP contribution in [0.3, 0.4) is 0 Å². The Hall–Kier alpha value is -2.43. The SMILES string of the molecule is COC(=O)c1ccc(Oc2nc(C)cc(C)n2)cc1. The summed E-state index contributed by atoms with van der Waals surface area (Å²) in [6.07, 6.45) is 0. The Morgan fingerprint density at radius 1 is 1.05 bits per heavy atom. The summed E-state index contributed by atoms with van der Waals surface area (Å²) in [6.45, 7) is 3.75. The minimum absolute atomic E-state index is 0.295. The third-order valence-corrected chi connectivity index (χ3v) is 2.45. The average molecular weight is 258 g/mol. The molecule has 98 valence electrons. The molecule has 0 fully saturated rings. The topological polar surface area (TPSA) is 61.3 Å². The van der Waals surface area contributed by atoms with Crippen LogP contribution in [0.15, 0.2) is 30.3 Å². The largest absolute Gasteiger partial charge is 0.465 e. The van der Waals surface area contributed by atoms with Gasteiger partial charge < -0.3 is 9.47 Å². The molecule has 0 saturated heterocycles. The van der Waals surface area contributed by atoms with Crippen molar-refractivity contribution in [2.24, 2.45) is 0 Å². The highest BCUT2D eigenvalue weighted by Crippen LogP contribution is 2.19. The molecule has 0 N–H and O–H groups in total. The van der Waals surface area contributed by atoms with Crippen LogP contribution >= 0.6 is 0 Å². The van der Waals surface area contributed by atoms with Crippen molar-refractivity contribution in [1.82, 2.24) is 9.97 Å². The van der Waals surface area contributed by atoms with Gasteiger partial charge in [-0.15, -0.1) is 0 Å². The van der Waals surface area contributed by atoms with Crippen LogP contribution in [0.4, 0.5) is 0 Å². The number of ether oxygens (including phenoxy) is 2. The number of aryl methyl sites for hydroxylation is 2. The second-order valence-electron chi connectivity index (χ2n) is 4.05. The normalized spacial score (nSPS) is 10.1. The highest BCUT2D eigenvalue weighted by molar-refractivity contribution is 5.89. The molecule has 0 aliphatic carbocycles. The molecule has 0 aliphatic heterocycles. The monoisotopic (exact) mass is 258 g/mol. The summed E-state index contributed by atoms with van der Waals surface area (Å²) < 4.78 is 10.2. The molecule has 0 unspecified atom stereocenters. The number of aromatic nitrogens is 2. The molecule has 2 rings (SSSR count). The quantitative estimate of drug-likeness (QED) is 0.792. The van der Waals surface area contributed by atoms with Crippen LogP contribution in [0, 0.1) is 13.8 Å². The molecule has 5 nitrogen and oxygen atoms in total. The van der Waals surface area contributed by atoms with Crippen LogP contribution in [0.25, 0.3) is 0 Å². The van der Waals surface area contributed by atoms with Gasteiger partial charge in [-0.05, 0) is 44.2 Å². The molecule has 1 aromatic heterocycles. The second kappa shape index (κ2) is 5.48. The molecule has 0 saturated carbocycles. The highest BCUT2D eigenvalue weighted by Gasteiger charge is 2.06. The standard InChI is InChI=1S/C14H14N2O3/c1-9-8-10(2)16-14(15-9)19-12-6-4-11(5-7-12)13(17)18-3/h4-8H,1-3H3. The molecule has 0 aliphatic rings. The van der Waals surface area contributed by atoms with Crippen LogP contribution in [-0.2, 0) is 4.74 Å². The molecular formula is C14H14N2O3. The van der Waals surface area contributed by atoms with E-state index in [-0.39, 0.29) is 5.97 Å². The van der Waals surface area contributed by atoms with Gasteiger partial charge in [-0.1, -0.05) is 0 Å². The first-order chi connectivity index (χ1) is 9.08. The van der Waals surface area contributed by atoms with E-state index in [1.54, 1.807) is 24.3 Å². The summed E-state index contributed by atoms with van der Waals surface area (Å²) >= 11 is 0. The molecule has 0 spiro atoms. The lowest BCUT2D eigenvalue weighted by Crippen LogP contribution is -2.01. The molecule has 0 amide bonds. The summed E-state index contributed by atoms with van der Waals surface area (Å²) in [5, 5.41) is 0. The van der Waals surface area contributed by atoms with Crippen molar-refractivity contribution in [3.05, 3.63) is 47.3 Å². The fourth-order valence-electron chi connectivity index (χ4n) is 1.62. The van der Waals surface area contributed by atoms with E-state index in [9.17, 15) is 4.79 Å². The first-order valence-corrected chi connectivity index (χ1v) is 5.77. The Morgan fingerprint density at radius 3 is 2.16 bits per heavy atom. The summed E-state index contributed by atoms with van der Waals surface area (Å²) in [5.74, 6) is 0.187. The number of esters is 1. The average Bonchev–Trinajstić information content (AvgIpc) is 2.37. The number of rotatable bonds is 3. The first kappa shape index (κ1) is 13.0. The maximum absolute atomic E-state index is 11.3. The summed E-state index contributed by atoms with van der Waals surface area (Å²) in [5.41, 5.74) is 2.15. The predicted octanol–water partition coefficient (Wildman–Crippen LogP) is 2.67. The van der Waals surface area contributed by atoms with E-state index in [0.717, 1.165) is 11.4 Å². The lowest BCUT2D eigenvalue weighted by atomic mass is 10.2. The minimum atomic E-state index is -0.380. The molecule has 1 heterocycles. The summed E-state index contributed by atoms with van der Waals surface area (Å²) in [7, 11) is 1.34. The smallest absolute Gasteiger partial charge is 0.337 e. The van der Waals surface area contributed by atoms with E-state index in [4.69, 9.17) is 4.74 Å². The van der Waals surface area contributed by atoms with Crippen molar-refractivity contribution >= 4 is 5.97 Å². The van der Waals surface area contributed by atoms with Gasteiger partial charge in [-0.2, -0.15) is 0 Å². The Morgan fingerprint density at radius 2 is 1.63 bits per heavy atom. The van der Waals surface area contributed by atoms with Gasteiger partial charge in [0.05, 0.1) is 12.7 Å². The number of carbonyl (C=O) groups is 1. The van der Waals surface area contributed by atoms with Crippen molar-refractivity contribution in [2.75, 3.05) is 7.11 Å². The van der Waals surface area contributed by atoms with Gasteiger partial charge in [0.15, 0.2) is 0 Å². The van der Waals surface area contributed by atoms with Gasteiger partial charge in [0.2, 0.25) is 0 Å². The molecule has 0 atom stereocenters. The van der Waals surface area contributed by atoms with Gasteiger partial charge in [0.25, 0.3) is 0 Å². The van der Waals surface area contributed by atoms with Crippen LogP contribution in [0.1, 0.15) is 21.7 Å². The Labute approximate surface area is 111 Å². The van der Waals surface area contributed by atoms with Crippen molar-refractivity contribution in [3.63, 3.8) is 0 Å². The number of hydrogen-bond acceptors (Lipinski definition) is 5. The van der Waals surface area contributed by atoms with Gasteiger partial charge >= 0.3 is 12.0 Å². The van der Waals surface area contributed by atoms with Crippen LogP contribution in [0.2, 0.25) is 0 Å². The van der Waals surface area contributed by atoms with Crippen LogP contribution in [0.5, 0.6) is 11.8 Å². The second-order valence-corrected chi connectivity index (χ2v) is 4.05. The maximum atomic E-state index is 11.3. The predicted molar refractivity (Wildman–Crippen MR) is 69.4 cm³/mol. The van der Waals surface area contributed by atoms with E-state index >= 15 is 0 Å². The molecule has 1 aromatic carbocycles. The third kappa shape index (κ3) is 3.28. The molecule has 0 bridgehead atoms. The molecule has 5 heteroatoms. The number of hydrogen-bond donors (Lipinski definition) is 0. The Kier molecular flexibility index (Phi) is 3.75. The van der Waals surface area contributed by atoms with Crippen molar-refractivity contribution < 1.29 is 14.3 Å². The highest BCUT2D eigenvalue weighted by atomic mass is 16.5. The molecule has 2 aromatic rings. The Balaban J connectivity index is 2.17. The van der Waals surface area contributed by atoms with Gasteiger partial charge in [0, 0.05) is 11.4 Å². The number of methoxy groups -OCH3 is 1. The summed E-state index contributed by atoms with van der Waals surface area (Å²) in [6, 6.07) is 8.77. The van der Waals surface area contributed by atoms with E-state index in [1.165, 1.54) is 7.11 Å². The number of carbonyl (C=O) groups excluding carboxylic acids is 1. The van der Waals surface area contributed by atoms with Crippen LogP contribution in [-0.4, -0.2) is 23.0 Å². The molecule has 0 radical (unpaired) electrons. The number of nitrogens with zero attached hydrogens (tertiary/aromatic N) is 2. The fraction of sp³-hybridized carbons (Fsp3) is 0.214. The molecule has 19 heavy (non-hydrogen) atoms. The zero-order chi connectivity index (χ0) is 13.8. The zero-order valence-corrected chi connectivity index (χ0v) is 11.0. The Bertz CT molecular complexity index is 574. The van der Waals surface area contributed by atoms with E-state index < -0.39 is 0 Å². The van der Waals surface area contributed by atoms with E-state index in [0.29, 0.717) is 17.3 Å². The number of benzene rings is 1. The van der Waals surface area contributed by atoms with Gasteiger partial charge in [0.1, 0.15) is 5.75 Å². The minimum Gasteiger partial charge on any atom is -0.465 e. The van der Waals surface area contributed by atoms with Crippen LogP contribution < -0.4 is 4.74 Å². The lowest BCUT2D eigenvalue weighted by molar-refractivity contribution is 0.0600. The van der Waals surface area contributed by atoms with Crippen molar-refractivity contribution in [1.29, 1.82) is 0 Å². The summed E-state index contributed by atoms with van der Waals surface area (Å²) in [4.78, 5) is 19.6. The maximum Gasteiger partial charge on any atom is 0.337 e. The van der Waals surface area contributed by atoms with Crippen molar-refractivity contribution in [3.8, 4) is 11.8 Å². The van der Waals surface area contributed by atoms with Crippen molar-refractivity contribution in [2.45, 2.75) is 13.8 Å². The zero-order valence-electron chi connectivity index (χ0n) is 11.0. The third-order valence-electron chi connectivity index (χ3n) is 2.45. The van der Waals surface area contributed by atoms with Gasteiger partial charge in [-0.25, -0.2) is 14.8 Å². The lowest BCUT2D eigenvalue weighted by Gasteiger charge is -2.06. The molecular weight excluding hydrogens is 244 g/mol.